The molecule has 4 rings (SSSR count). The fourth-order valence-corrected chi connectivity index (χ4v) is 4.36. The molecule has 0 aliphatic carbocycles. The number of nitrogens with one attached hydrogen (secondary N) is 1. The third kappa shape index (κ3) is 4.22. The first-order chi connectivity index (χ1) is 13.8. The van der Waals surface area contributed by atoms with Crippen LogP contribution in [0.5, 0.6) is 0 Å². The van der Waals surface area contributed by atoms with E-state index < -0.39 is 0 Å². The average molecular weight is 413 g/mol. The van der Waals surface area contributed by atoms with Gasteiger partial charge in [-0.05, 0) is 33.6 Å². The summed E-state index contributed by atoms with van der Waals surface area (Å²) in [6.07, 6.45) is 2.20. The molecule has 0 radical (unpaired) electrons. The van der Waals surface area contributed by atoms with E-state index in [1.807, 2.05) is 39.6 Å². The predicted molar refractivity (Wildman–Crippen MR) is 119 cm³/mol. The molecule has 0 unspecified atom stereocenters. The molecule has 1 aliphatic heterocycles. The van der Waals surface area contributed by atoms with Gasteiger partial charge in [-0.15, -0.1) is 5.10 Å². The highest BCUT2D eigenvalue weighted by atomic mass is 32.1. The lowest BCUT2D eigenvalue weighted by molar-refractivity contribution is -0.128. The van der Waals surface area contributed by atoms with E-state index in [4.69, 9.17) is 10.1 Å². The number of hydrogen-bond acceptors (Lipinski definition) is 6. The lowest BCUT2D eigenvalue weighted by Crippen LogP contribution is -2.37. The van der Waals surface area contributed by atoms with Crippen molar-refractivity contribution in [2.45, 2.75) is 39.2 Å². The van der Waals surface area contributed by atoms with Gasteiger partial charge in [-0.25, -0.2) is 4.98 Å². The second kappa shape index (κ2) is 7.67. The predicted octanol–water partition coefficient (Wildman–Crippen LogP) is 3.73. The molecule has 3 heterocycles. The summed E-state index contributed by atoms with van der Waals surface area (Å²) in [5, 5.41) is 9.14. The molecular formula is C21H28N6OS. The van der Waals surface area contributed by atoms with Gasteiger partial charge in [0.15, 0.2) is 5.82 Å². The molecule has 1 saturated heterocycles. The van der Waals surface area contributed by atoms with Gasteiger partial charge in [-0.1, -0.05) is 41.7 Å². The maximum atomic E-state index is 12.5. The van der Waals surface area contributed by atoms with Crippen LogP contribution in [-0.4, -0.2) is 57.6 Å². The molecule has 29 heavy (non-hydrogen) atoms. The van der Waals surface area contributed by atoms with Crippen LogP contribution in [0.1, 0.15) is 33.6 Å². The van der Waals surface area contributed by atoms with Gasteiger partial charge in [-0.2, -0.15) is 4.52 Å². The number of carbonyl (C=O) groups excluding carboxylic acids is 1. The van der Waals surface area contributed by atoms with Crippen LogP contribution in [0.2, 0.25) is 0 Å². The molecule has 0 atom stereocenters. The number of aromatic nitrogens is 3. The number of hydrogen-bond donors (Lipinski definition) is 1. The van der Waals surface area contributed by atoms with Gasteiger partial charge in [0.25, 0.3) is 0 Å². The number of rotatable bonds is 5. The van der Waals surface area contributed by atoms with Gasteiger partial charge in [0.05, 0.1) is 6.54 Å². The summed E-state index contributed by atoms with van der Waals surface area (Å²) in [5.74, 6) is 1.04. The van der Waals surface area contributed by atoms with Crippen LogP contribution in [0, 0.1) is 0 Å². The van der Waals surface area contributed by atoms with Crippen molar-refractivity contribution in [2.75, 3.05) is 36.9 Å². The van der Waals surface area contributed by atoms with Crippen molar-refractivity contribution in [3.8, 4) is 11.3 Å². The Morgan fingerprint density at radius 3 is 2.55 bits per heavy atom. The average Bonchev–Trinajstić information content (AvgIpc) is 3.39. The fourth-order valence-electron chi connectivity index (χ4n) is 3.49. The Bertz CT molecular complexity index is 998. The Kier molecular flexibility index (Phi) is 5.21. The molecule has 1 N–H and O–H groups in total. The molecular weight excluding hydrogens is 384 g/mol. The zero-order chi connectivity index (χ0) is 20.6. The normalized spacial score (nSPS) is 14.6. The summed E-state index contributed by atoms with van der Waals surface area (Å²) in [5.41, 5.74) is 1.80. The molecule has 1 aromatic carbocycles. The third-order valence-corrected chi connectivity index (χ3v) is 5.91. The van der Waals surface area contributed by atoms with Crippen molar-refractivity contribution in [1.82, 2.24) is 19.5 Å². The smallest absolute Gasteiger partial charge is 0.242 e. The van der Waals surface area contributed by atoms with E-state index in [2.05, 4.69) is 38.2 Å². The molecule has 7 nitrogen and oxygen atoms in total. The van der Waals surface area contributed by atoms with Gasteiger partial charge in [0.1, 0.15) is 5.69 Å². The van der Waals surface area contributed by atoms with Crippen LogP contribution in [0.15, 0.2) is 30.3 Å². The molecule has 2 aromatic heterocycles. The lowest BCUT2D eigenvalue weighted by Gasteiger charge is -2.22. The summed E-state index contributed by atoms with van der Waals surface area (Å²) < 4.78 is 1.87. The van der Waals surface area contributed by atoms with Crippen LogP contribution in [-0.2, 0) is 4.79 Å². The van der Waals surface area contributed by atoms with E-state index >= 15 is 0 Å². The van der Waals surface area contributed by atoms with Crippen molar-refractivity contribution >= 4 is 33.2 Å². The number of benzene rings is 1. The molecule has 8 heteroatoms. The maximum absolute atomic E-state index is 12.5. The van der Waals surface area contributed by atoms with Crippen molar-refractivity contribution < 1.29 is 4.79 Å². The summed E-state index contributed by atoms with van der Waals surface area (Å²) >= 11 is 1.50. The number of nitrogens with zero attached hydrogens (tertiary/aromatic N) is 5. The molecule has 0 spiro atoms. The summed E-state index contributed by atoms with van der Waals surface area (Å²) in [7, 11) is 1.92. The van der Waals surface area contributed by atoms with Crippen LogP contribution in [0.25, 0.3) is 16.2 Å². The lowest BCUT2D eigenvalue weighted by atomic mass is 10.1. The highest BCUT2D eigenvalue weighted by Gasteiger charge is 2.24. The molecule has 3 aromatic rings. The Hall–Kier alpha value is -2.61. The molecule has 1 aliphatic rings. The standard InChI is InChI=1S/C21H28N6OS/c1-21(2,3)23-18-17(15-10-6-5-7-11-15)22-19-27(18)24-20(29-19)25(4)14-16(28)26-12-8-9-13-26/h5-7,10-11,23H,8-9,12-14H2,1-4H3. The zero-order valence-corrected chi connectivity index (χ0v) is 18.3. The fraction of sp³-hybridized carbons (Fsp3) is 0.476. The van der Waals surface area contributed by atoms with Crippen LogP contribution >= 0.6 is 11.3 Å². The Labute approximate surface area is 175 Å². The Morgan fingerprint density at radius 2 is 1.90 bits per heavy atom. The quantitative estimate of drug-likeness (QED) is 0.692. The second-order valence-corrected chi connectivity index (χ2v) is 9.51. The van der Waals surface area contributed by atoms with Gasteiger partial charge in [-0.3, -0.25) is 4.79 Å². The molecule has 1 amide bonds. The van der Waals surface area contributed by atoms with E-state index in [9.17, 15) is 4.79 Å². The van der Waals surface area contributed by atoms with Crippen LogP contribution in [0.4, 0.5) is 10.9 Å². The first-order valence-electron chi connectivity index (χ1n) is 10.0. The Balaban J connectivity index is 1.65. The Morgan fingerprint density at radius 1 is 1.21 bits per heavy atom. The topological polar surface area (TPSA) is 65.8 Å². The molecule has 0 bridgehead atoms. The van der Waals surface area contributed by atoms with Crippen molar-refractivity contribution in [1.29, 1.82) is 0 Å². The highest BCUT2D eigenvalue weighted by molar-refractivity contribution is 7.20. The number of likely N-dealkylation sites (N-methyl/N-ethyl adjacent to an activating group) is 1. The van der Waals surface area contributed by atoms with Gasteiger partial charge < -0.3 is 15.1 Å². The summed E-state index contributed by atoms with van der Waals surface area (Å²) in [6, 6.07) is 10.1. The van der Waals surface area contributed by atoms with E-state index in [1.54, 1.807) is 0 Å². The summed E-state index contributed by atoms with van der Waals surface area (Å²) in [6.45, 7) is 8.44. The van der Waals surface area contributed by atoms with E-state index in [0.29, 0.717) is 6.54 Å². The SMILES string of the molecule is CN(CC(=O)N1CCCC1)c1nn2c(NC(C)(C)C)c(-c3ccccc3)nc2s1. The highest BCUT2D eigenvalue weighted by Crippen LogP contribution is 2.34. The van der Waals surface area contributed by atoms with Crippen molar-refractivity contribution in [2.24, 2.45) is 0 Å². The van der Waals surface area contributed by atoms with Gasteiger partial charge in [0.2, 0.25) is 16.0 Å². The van der Waals surface area contributed by atoms with E-state index in [0.717, 1.165) is 53.1 Å². The first-order valence-corrected chi connectivity index (χ1v) is 10.9. The minimum atomic E-state index is -0.138. The third-order valence-electron chi connectivity index (χ3n) is 4.89. The first kappa shape index (κ1) is 19.7. The van der Waals surface area contributed by atoms with Crippen LogP contribution < -0.4 is 10.2 Å². The van der Waals surface area contributed by atoms with Gasteiger partial charge >= 0.3 is 0 Å². The molecule has 1 fully saturated rings. The monoisotopic (exact) mass is 412 g/mol. The second-order valence-electron chi connectivity index (χ2n) is 8.57. The van der Waals surface area contributed by atoms with Crippen molar-refractivity contribution in [3.05, 3.63) is 30.3 Å². The minimum Gasteiger partial charge on any atom is -0.364 e. The molecule has 154 valence electrons. The number of fused-ring (bicyclic) bond motifs is 1. The number of anilines is 2. The largest absolute Gasteiger partial charge is 0.364 e. The van der Waals surface area contributed by atoms with Crippen LogP contribution in [0.3, 0.4) is 0 Å². The molecule has 0 saturated carbocycles. The van der Waals surface area contributed by atoms with E-state index in [-0.39, 0.29) is 11.4 Å². The minimum absolute atomic E-state index is 0.138. The van der Waals surface area contributed by atoms with Gasteiger partial charge in [0, 0.05) is 31.2 Å². The number of carbonyl (C=O) groups is 1. The number of imidazole rings is 1. The zero-order valence-electron chi connectivity index (χ0n) is 17.5. The number of amides is 1. The van der Waals surface area contributed by atoms with E-state index in [1.165, 1.54) is 11.3 Å². The number of likely N-dealkylation sites (tertiary alicyclic amines) is 1. The summed E-state index contributed by atoms with van der Waals surface area (Å²) in [4.78, 5) is 22.0. The maximum Gasteiger partial charge on any atom is 0.242 e. The van der Waals surface area contributed by atoms with Crippen molar-refractivity contribution in [3.63, 3.8) is 0 Å².